The zero-order valence-electron chi connectivity index (χ0n) is 10.6. The first-order valence-electron chi connectivity index (χ1n) is 5.86. The molecule has 0 spiro atoms. The van der Waals surface area contributed by atoms with E-state index in [-0.39, 0.29) is 5.75 Å². The Morgan fingerprint density at radius 1 is 1.16 bits per heavy atom. The van der Waals surface area contributed by atoms with Crippen molar-refractivity contribution in [1.29, 1.82) is 0 Å². The Labute approximate surface area is 120 Å². The minimum absolute atomic E-state index is 0.243. The third kappa shape index (κ3) is 3.64. The lowest BCUT2D eigenvalue weighted by atomic mass is 10.2. The molecule has 2 rings (SSSR count). The van der Waals surface area contributed by atoms with Crippen molar-refractivity contribution in [2.24, 2.45) is 0 Å². The normalized spacial score (nSPS) is 10.2. The maximum absolute atomic E-state index is 9.41. The molecule has 100 valence electrons. The summed E-state index contributed by atoms with van der Waals surface area (Å²) in [6, 6.07) is 12.8. The van der Waals surface area contributed by atoms with Crippen LogP contribution in [0.15, 0.2) is 42.5 Å². The molecule has 0 fully saturated rings. The summed E-state index contributed by atoms with van der Waals surface area (Å²) in [5.41, 5.74) is 1.98. The van der Waals surface area contributed by atoms with Crippen LogP contribution in [0.5, 0.6) is 17.2 Å². The van der Waals surface area contributed by atoms with Crippen LogP contribution in [0.2, 0.25) is 0 Å². The third-order valence-corrected chi connectivity index (χ3v) is 3.33. The number of rotatable bonds is 5. The number of phenols is 1. The molecule has 0 heterocycles. The lowest BCUT2D eigenvalue weighted by molar-refractivity contribution is 0.300. The van der Waals surface area contributed by atoms with Gasteiger partial charge in [0.25, 0.3) is 0 Å². The Bertz CT molecular complexity index is 555. The van der Waals surface area contributed by atoms with Crippen molar-refractivity contribution >= 4 is 15.9 Å². The van der Waals surface area contributed by atoms with Crippen LogP contribution in [-0.2, 0) is 11.9 Å². The average Bonchev–Trinajstić information content (AvgIpc) is 2.45. The fraction of sp³-hybridized carbons (Fsp3) is 0.200. The van der Waals surface area contributed by atoms with Crippen LogP contribution in [0.3, 0.4) is 0 Å². The van der Waals surface area contributed by atoms with Crippen molar-refractivity contribution in [3.8, 4) is 17.2 Å². The quantitative estimate of drug-likeness (QED) is 0.849. The summed E-state index contributed by atoms with van der Waals surface area (Å²) in [6.07, 6.45) is 0. The molecule has 0 saturated heterocycles. The molecule has 0 amide bonds. The maximum atomic E-state index is 9.41. The number of benzene rings is 2. The number of aromatic hydroxyl groups is 1. The summed E-state index contributed by atoms with van der Waals surface area (Å²) >= 11 is 3.43. The molecule has 0 aromatic heterocycles. The predicted molar refractivity (Wildman–Crippen MR) is 78.1 cm³/mol. The zero-order valence-corrected chi connectivity index (χ0v) is 12.2. The van der Waals surface area contributed by atoms with Gasteiger partial charge in [-0.1, -0.05) is 34.1 Å². The van der Waals surface area contributed by atoms with Gasteiger partial charge in [-0.2, -0.15) is 0 Å². The number of hydrogen-bond acceptors (Lipinski definition) is 3. The average molecular weight is 323 g/mol. The number of ether oxygens (including phenoxy) is 2. The van der Waals surface area contributed by atoms with Gasteiger partial charge >= 0.3 is 0 Å². The van der Waals surface area contributed by atoms with Gasteiger partial charge in [0.05, 0.1) is 7.11 Å². The summed E-state index contributed by atoms with van der Waals surface area (Å²) in [4.78, 5) is 0. The third-order valence-electron chi connectivity index (χ3n) is 2.72. The van der Waals surface area contributed by atoms with E-state index in [4.69, 9.17) is 9.47 Å². The van der Waals surface area contributed by atoms with Crippen LogP contribution in [0.4, 0.5) is 0 Å². The van der Waals surface area contributed by atoms with Crippen LogP contribution in [0.1, 0.15) is 11.1 Å². The van der Waals surface area contributed by atoms with E-state index in [1.165, 1.54) is 0 Å². The highest BCUT2D eigenvalue weighted by Gasteiger charge is 2.05. The Balaban J connectivity index is 2.14. The van der Waals surface area contributed by atoms with Crippen molar-refractivity contribution < 1.29 is 14.6 Å². The van der Waals surface area contributed by atoms with Gasteiger partial charge in [-0.3, -0.25) is 0 Å². The van der Waals surface area contributed by atoms with Crippen molar-refractivity contribution in [2.75, 3.05) is 7.11 Å². The smallest absolute Gasteiger partial charge is 0.127 e. The summed E-state index contributed by atoms with van der Waals surface area (Å²) < 4.78 is 11.0. The minimum Gasteiger partial charge on any atom is -0.508 e. The number of methoxy groups -OCH3 is 1. The van der Waals surface area contributed by atoms with E-state index in [2.05, 4.69) is 15.9 Å². The van der Waals surface area contributed by atoms with Gasteiger partial charge in [-0.05, 0) is 23.8 Å². The molecule has 0 aliphatic carbocycles. The van der Waals surface area contributed by atoms with Gasteiger partial charge in [0.15, 0.2) is 0 Å². The molecule has 19 heavy (non-hydrogen) atoms. The molecule has 0 radical (unpaired) electrons. The molecule has 3 nitrogen and oxygen atoms in total. The second-order valence-electron chi connectivity index (χ2n) is 4.07. The van der Waals surface area contributed by atoms with E-state index >= 15 is 0 Å². The highest BCUT2D eigenvalue weighted by atomic mass is 79.9. The van der Waals surface area contributed by atoms with Gasteiger partial charge in [0.1, 0.15) is 23.9 Å². The number of hydrogen-bond donors (Lipinski definition) is 1. The first-order valence-corrected chi connectivity index (χ1v) is 6.98. The molecule has 2 aromatic rings. The monoisotopic (exact) mass is 322 g/mol. The first-order chi connectivity index (χ1) is 9.22. The molecule has 1 N–H and O–H groups in total. The molecule has 0 aliphatic rings. The van der Waals surface area contributed by atoms with Crippen LogP contribution in [0, 0.1) is 0 Å². The maximum Gasteiger partial charge on any atom is 0.127 e. The second kappa shape index (κ2) is 6.48. The Kier molecular flexibility index (Phi) is 4.68. The number of halogens is 1. The Hall–Kier alpha value is -1.68. The fourth-order valence-electron chi connectivity index (χ4n) is 1.71. The molecular formula is C15H15BrO3. The molecular weight excluding hydrogens is 308 g/mol. The predicted octanol–water partition coefficient (Wildman–Crippen LogP) is 3.87. The number of phenolic OH excluding ortho intramolecular Hbond substituents is 1. The second-order valence-corrected chi connectivity index (χ2v) is 4.63. The molecule has 0 bridgehead atoms. The van der Waals surface area contributed by atoms with Gasteiger partial charge < -0.3 is 14.6 Å². The summed E-state index contributed by atoms with van der Waals surface area (Å²) in [6.45, 7) is 0.404. The SMILES string of the molecule is COc1ccc(CBr)c(OCc2cccc(O)c2)c1. The minimum atomic E-state index is 0.243. The van der Waals surface area contributed by atoms with E-state index in [0.717, 1.165) is 22.6 Å². The van der Waals surface area contributed by atoms with E-state index < -0.39 is 0 Å². The first kappa shape index (κ1) is 13.7. The van der Waals surface area contributed by atoms with Crippen LogP contribution in [0.25, 0.3) is 0 Å². The van der Waals surface area contributed by atoms with Gasteiger partial charge in [-0.25, -0.2) is 0 Å². The largest absolute Gasteiger partial charge is 0.508 e. The molecule has 0 aliphatic heterocycles. The van der Waals surface area contributed by atoms with E-state index in [9.17, 15) is 5.11 Å². The lowest BCUT2D eigenvalue weighted by Gasteiger charge is -2.12. The Morgan fingerprint density at radius 2 is 2.00 bits per heavy atom. The fourth-order valence-corrected chi connectivity index (χ4v) is 2.18. The summed E-state index contributed by atoms with van der Waals surface area (Å²) in [5, 5.41) is 10.1. The summed E-state index contributed by atoms with van der Waals surface area (Å²) in [5.74, 6) is 1.78. The van der Waals surface area contributed by atoms with Crippen molar-refractivity contribution in [3.05, 3.63) is 53.6 Å². The Morgan fingerprint density at radius 3 is 2.68 bits per heavy atom. The standard InChI is InChI=1S/C15H15BrO3/c1-18-14-6-5-12(9-16)15(8-14)19-10-11-3-2-4-13(17)7-11/h2-8,17H,9-10H2,1H3. The molecule has 0 atom stereocenters. The van der Waals surface area contributed by atoms with Crippen LogP contribution < -0.4 is 9.47 Å². The van der Waals surface area contributed by atoms with Gasteiger partial charge in [0.2, 0.25) is 0 Å². The van der Waals surface area contributed by atoms with E-state index in [1.54, 1.807) is 25.3 Å². The van der Waals surface area contributed by atoms with Crippen molar-refractivity contribution in [2.45, 2.75) is 11.9 Å². The highest BCUT2D eigenvalue weighted by Crippen LogP contribution is 2.27. The topological polar surface area (TPSA) is 38.7 Å². The van der Waals surface area contributed by atoms with E-state index in [1.807, 2.05) is 24.3 Å². The van der Waals surface area contributed by atoms with Crippen LogP contribution >= 0.6 is 15.9 Å². The van der Waals surface area contributed by atoms with Gasteiger partial charge in [-0.15, -0.1) is 0 Å². The molecule has 2 aromatic carbocycles. The molecule has 0 unspecified atom stereocenters. The molecule has 0 saturated carbocycles. The van der Waals surface area contributed by atoms with Crippen molar-refractivity contribution in [1.82, 2.24) is 0 Å². The summed E-state index contributed by atoms with van der Waals surface area (Å²) in [7, 11) is 1.63. The highest BCUT2D eigenvalue weighted by molar-refractivity contribution is 9.08. The lowest BCUT2D eigenvalue weighted by Crippen LogP contribution is -1.98. The van der Waals surface area contributed by atoms with Crippen molar-refractivity contribution in [3.63, 3.8) is 0 Å². The molecule has 4 heteroatoms. The zero-order chi connectivity index (χ0) is 13.7. The van der Waals surface area contributed by atoms with Gasteiger partial charge in [0, 0.05) is 17.0 Å². The van der Waals surface area contributed by atoms with Crippen LogP contribution in [-0.4, -0.2) is 12.2 Å². The number of alkyl halides is 1. The van der Waals surface area contributed by atoms with E-state index in [0.29, 0.717) is 11.9 Å².